The van der Waals surface area contributed by atoms with Crippen molar-refractivity contribution in [3.63, 3.8) is 0 Å². The lowest BCUT2D eigenvalue weighted by Crippen LogP contribution is -2.41. The SMILES string of the molecule is CCC(C)n1ccc(CC2(N)CCCC(C(C)C)CC2)n1. The lowest BCUT2D eigenvalue weighted by molar-refractivity contribution is 0.320. The number of nitrogens with zero attached hydrogens (tertiary/aromatic N) is 2. The predicted molar refractivity (Wildman–Crippen MR) is 89.3 cm³/mol. The third-order valence-corrected chi connectivity index (χ3v) is 5.44. The topological polar surface area (TPSA) is 43.8 Å². The molecule has 0 saturated heterocycles. The molecule has 3 atom stereocenters. The third-order valence-electron chi connectivity index (χ3n) is 5.44. The van der Waals surface area contributed by atoms with Crippen LogP contribution in [0.2, 0.25) is 0 Å². The molecule has 1 heterocycles. The molecule has 2 rings (SSSR count). The Kier molecular flexibility index (Phi) is 5.48. The lowest BCUT2D eigenvalue weighted by atomic mass is 9.84. The lowest BCUT2D eigenvalue weighted by Gasteiger charge is -2.27. The summed E-state index contributed by atoms with van der Waals surface area (Å²) in [6.07, 6.45) is 10.3. The van der Waals surface area contributed by atoms with Crippen molar-refractivity contribution in [1.82, 2.24) is 9.78 Å². The van der Waals surface area contributed by atoms with Gasteiger partial charge in [0, 0.05) is 24.2 Å². The summed E-state index contributed by atoms with van der Waals surface area (Å²) in [5, 5.41) is 4.74. The smallest absolute Gasteiger partial charge is 0.0643 e. The van der Waals surface area contributed by atoms with E-state index in [4.69, 9.17) is 10.8 Å². The highest BCUT2D eigenvalue weighted by atomic mass is 15.3. The zero-order valence-corrected chi connectivity index (χ0v) is 14.3. The quantitative estimate of drug-likeness (QED) is 0.821. The van der Waals surface area contributed by atoms with Crippen molar-refractivity contribution in [1.29, 1.82) is 0 Å². The number of nitrogens with two attached hydrogens (primary N) is 1. The van der Waals surface area contributed by atoms with Crippen LogP contribution < -0.4 is 5.73 Å². The van der Waals surface area contributed by atoms with Crippen molar-refractivity contribution in [2.45, 2.75) is 84.2 Å². The molecule has 0 spiro atoms. The molecule has 0 amide bonds. The van der Waals surface area contributed by atoms with Crippen LogP contribution in [0.25, 0.3) is 0 Å². The zero-order valence-electron chi connectivity index (χ0n) is 14.3. The van der Waals surface area contributed by atoms with Crippen LogP contribution in [0.15, 0.2) is 12.3 Å². The number of hydrogen-bond donors (Lipinski definition) is 1. The molecule has 1 fully saturated rings. The van der Waals surface area contributed by atoms with Crippen LogP contribution in [0.1, 0.15) is 78.0 Å². The molecule has 1 aromatic heterocycles. The summed E-state index contributed by atoms with van der Waals surface area (Å²) in [5.74, 6) is 1.64. The fourth-order valence-corrected chi connectivity index (χ4v) is 3.57. The van der Waals surface area contributed by atoms with Gasteiger partial charge >= 0.3 is 0 Å². The molecule has 3 nitrogen and oxygen atoms in total. The first-order chi connectivity index (χ1) is 9.93. The Balaban J connectivity index is 1.99. The molecule has 1 saturated carbocycles. The van der Waals surface area contributed by atoms with Crippen molar-refractivity contribution in [3.8, 4) is 0 Å². The Labute approximate surface area is 130 Å². The molecule has 0 radical (unpaired) electrons. The highest BCUT2D eigenvalue weighted by molar-refractivity contribution is 5.06. The first kappa shape index (κ1) is 16.5. The fraction of sp³-hybridized carbons (Fsp3) is 0.833. The minimum Gasteiger partial charge on any atom is -0.325 e. The van der Waals surface area contributed by atoms with Crippen molar-refractivity contribution in [2.24, 2.45) is 17.6 Å². The Morgan fingerprint density at radius 2 is 2.10 bits per heavy atom. The van der Waals surface area contributed by atoms with Gasteiger partial charge in [0.15, 0.2) is 0 Å². The van der Waals surface area contributed by atoms with E-state index < -0.39 is 0 Å². The van der Waals surface area contributed by atoms with Gasteiger partial charge in [-0.15, -0.1) is 0 Å². The van der Waals surface area contributed by atoms with Gasteiger partial charge in [0.1, 0.15) is 0 Å². The monoisotopic (exact) mass is 291 g/mol. The standard InChI is InChI=1S/C18H33N3/c1-5-15(4)21-12-9-17(20-21)13-18(19)10-6-7-16(8-11-18)14(2)3/h9,12,14-16H,5-8,10-11,13,19H2,1-4H3. The molecule has 120 valence electrons. The van der Waals surface area contributed by atoms with E-state index in [0.717, 1.165) is 37.5 Å². The summed E-state index contributed by atoms with van der Waals surface area (Å²) >= 11 is 0. The average molecular weight is 291 g/mol. The fourth-order valence-electron chi connectivity index (χ4n) is 3.57. The van der Waals surface area contributed by atoms with Gasteiger partial charge in [-0.2, -0.15) is 5.10 Å². The summed E-state index contributed by atoms with van der Waals surface area (Å²) < 4.78 is 2.09. The molecule has 21 heavy (non-hydrogen) atoms. The summed E-state index contributed by atoms with van der Waals surface area (Å²) in [4.78, 5) is 0. The molecule has 1 aliphatic rings. The van der Waals surface area contributed by atoms with Crippen molar-refractivity contribution in [2.75, 3.05) is 0 Å². The molecule has 0 aliphatic heterocycles. The molecule has 0 bridgehead atoms. The summed E-state index contributed by atoms with van der Waals surface area (Å²) in [7, 11) is 0. The number of aromatic nitrogens is 2. The minimum atomic E-state index is -0.0434. The summed E-state index contributed by atoms with van der Waals surface area (Å²) in [6.45, 7) is 9.12. The highest BCUT2D eigenvalue weighted by Crippen LogP contribution is 2.34. The van der Waals surface area contributed by atoms with Crippen LogP contribution in [0.4, 0.5) is 0 Å². The maximum absolute atomic E-state index is 6.72. The van der Waals surface area contributed by atoms with Gasteiger partial charge in [0.2, 0.25) is 0 Å². The van der Waals surface area contributed by atoms with E-state index in [1.54, 1.807) is 0 Å². The molecular weight excluding hydrogens is 258 g/mol. The molecular formula is C18H33N3. The van der Waals surface area contributed by atoms with Gasteiger partial charge in [-0.3, -0.25) is 4.68 Å². The second-order valence-corrected chi connectivity index (χ2v) is 7.52. The van der Waals surface area contributed by atoms with Gasteiger partial charge in [0.05, 0.1) is 5.69 Å². The van der Waals surface area contributed by atoms with Gasteiger partial charge in [-0.25, -0.2) is 0 Å². The van der Waals surface area contributed by atoms with Gasteiger partial charge in [-0.1, -0.05) is 33.6 Å². The first-order valence-corrected chi connectivity index (χ1v) is 8.76. The van der Waals surface area contributed by atoms with E-state index >= 15 is 0 Å². The second kappa shape index (κ2) is 6.95. The second-order valence-electron chi connectivity index (χ2n) is 7.52. The molecule has 3 unspecified atom stereocenters. The van der Waals surface area contributed by atoms with E-state index in [-0.39, 0.29) is 5.54 Å². The molecule has 1 aliphatic carbocycles. The minimum absolute atomic E-state index is 0.0434. The van der Waals surface area contributed by atoms with Crippen molar-refractivity contribution < 1.29 is 0 Å². The van der Waals surface area contributed by atoms with Crippen LogP contribution in [0.5, 0.6) is 0 Å². The van der Waals surface area contributed by atoms with Crippen molar-refractivity contribution >= 4 is 0 Å². The van der Waals surface area contributed by atoms with E-state index in [1.807, 2.05) is 0 Å². The maximum atomic E-state index is 6.72. The van der Waals surface area contributed by atoms with Gasteiger partial charge in [-0.05, 0) is 50.5 Å². The average Bonchev–Trinajstić information content (AvgIpc) is 2.80. The summed E-state index contributed by atoms with van der Waals surface area (Å²) in [6, 6.07) is 2.64. The Morgan fingerprint density at radius 3 is 2.76 bits per heavy atom. The van der Waals surface area contributed by atoms with Crippen LogP contribution in [0, 0.1) is 11.8 Å². The molecule has 2 N–H and O–H groups in total. The Bertz CT molecular complexity index is 437. The summed E-state index contributed by atoms with van der Waals surface area (Å²) in [5.41, 5.74) is 7.85. The van der Waals surface area contributed by atoms with Crippen LogP contribution >= 0.6 is 0 Å². The predicted octanol–water partition coefficient (Wildman–Crippen LogP) is 4.33. The van der Waals surface area contributed by atoms with E-state index in [1.165, 1.54) is 25.0 Å². The molecule has 0 aromatic carbocycles. The van der Waals surface area contributed by atoms with E-state index in [9.17, 15) is 0 Å². The number of hydrogen-bond acceptors (Lipinski definition) is 2. The van der Waals surface area contributed by atoms with Gasteiger partial charge in [0.25, 0.3) is 0 Å². The molecule has 1 aromatic rings. The Morgan fingerprint density at radius 1 is 1.33 bits per heavy atom. The normalized spacial score (nSPS) is 28.6. The van der Waals surface area contributed by atoms with Gasteiger partial charge < -0.3 is 5.73 Å². The zero-order chi connectivity index (χ0) is 15.5. The maximum Gasteiger partial charge on any atom is 0.0643 e. The largest absolute Gasteiger partial charge is 0.325 e. The molecule has 3 heteroatoms. The number of rotatable bonds is 5. The van der Waals surface area contributed by atoms with Crippen LogP contribution in [0.3, 0.4) is 0 Å². The highest BCUT2D eigenvalue weighted by Gasteiger charge is 2.31. The first-order valence-electron chi connectivity index (χ1n) is 8.76. The third kappa shape index (κ3) is 4.32. The van der Waals surface area contributed by atoms with Crippen LogP contribution in [-0.2, 0) is 6.42 Å². The van der Waals surface area contributed by atoms with E-state index in [2.05, 4.69) is 44.6 Å². The Hall–Kier alpha value is -0.830. The van der Waals surface area contributed by atoms with E-state index in [0.29, 0.717) is 6.04 Å². The van der Waals surface area contributed by atoms with Crippen LogP contribution in [-0.4, -0.2) is 15.3 Å². The van der Waals surface area contributed by atoms with Crippen molar-refractivity contribution in [3.05, 3.63) is 18.0 Å².